The van der Waals surface area contributed by atoms with Crippen molar-refractivity contribution in [1.29, 1.82) is 5.26 Å². The summed E-state index contributed by atoms with van der Waals surface area (Å²) in [5, 5.41) is 13.4. The van der Waals surface area contributed by atoms with Gasteiger partial charge in [-0.2, -0.15) is 10.4 Å². The highest BCUT2D eigenvalue weighted by molar-refractivity contribution is 5.42. The van der Waals surface area contributed by atoms with Crippen LogP contribution in [0.5, 0.6) is 5.75 Å². The standard InChI is InChI=1S/C15H17N3O/c1-15(2,3)14-8-11(10-16)17-18(14)12-6-5-7-13(9-12)19-4/h5-9H,1-4H3. The first kappa shape index (κ1) is 13.2. The maximum atomic E-state index is 9.04. The van der Waals surface area contributed by atoms with Crippen molar-refractivity contribution in [1.82, 2.24) is 9.78 Å². The van der Waals surface area contributed by atoms with E-state index >= 15 is 0 Å². The highest BCUT2D eigenvalue weighted by atomic mass is 16.5. The minimum absolute atomic E-state index is 0.0921. The Kier molecular flexibility index (Phi) is 3.30. The van der Waals surface area contributed by atoms with Gasteiger partial charge >= 0.3 is 0 Å². The average molecular weight is 255 g/mol. The lowest BCUT2D eigenvalue weighted by atomic mass is 9.92. The second-order valence-electron chi connectivity index (χ2n) is 5.39. The van der Waals surface area contributed by atoms with E-state index in [0.29, 0.717) is 5.69 Å². The molecule has 2 aromatic rings. The fourth-order valence-corrected chi connectivity index (χ4v) is 1.91. The van der Waals surface area contributed by atoms with E-state index in [4.69, 9.17) is 10.00 Å². The Morgan fingerprint density at radius 2 is 2.00 bits per heavy atom. The van der Waals surface area contributed by atoms with E-state index in [2.05, 4.69) is 31.9 Å². The molecule has 0 amide bonds. The maximum absolute atomic E-state index is 9.04. The Hall–Kier alpha value is -2.28. The van der Waals surface area contributed by atoms with Crippen LogP contribution in [0.4, 0.5) is 0 Å². The van der Waals surface area contributed by atoms with E-state index in [1.54, 1.807) is 11.8 Å². The predicted molar refractivity (Wildman–Crippen MR) is 73.5 cm³/mol. The van der Waals surface area contributed by atoms with Gasteiger partial charge in [0.05, 0.1) is 18.5 Å². The fourth-order valence-electron chi connectivity index (χ4n) is 1.91. The van der Waals surface area contributed by atoms with Crippen LogP contribution in [0.15, 0.2) is 30.3 Å². The number of nitriles is 1. The third-order valence-electron chi connectivity index (χ3n) is 2.89. The molecule has 1 aromatic carbocycles. The monoisotopic (exact) mass is 255 g/mol. The van der Waals surface area contributed by atoms with Gasteiger partial charge in [0.15, 0.2) is 5.69 Å². The molecule has 0 saturated heterocycles. The molecule has 1 aromatic heterocycles. The third kappa shape index (κ3) is 2.60. The van der Waals surface area contributed by atoms with Crippen molar-refractivity contribution in [2.75, 3.05) is 7.11 Å². The fraction of sp³-hybridized carbons (Fsp3) is 0.333. The summed E-state index contributed by atoms with van der Waals surface area (Å²) < 4.78 is 7.04. The molecule has 1 heterocycles. The first-order valence-electron chi connectivity index (χ1n) is 6.11. The van der Waals surface area contributed by atoms with Crippen LogP contribution < -0.4 is 4.74 Å². The average Bonchev–Trinajstić information content (AvgIpc) is 2.83. The molecular weight excluding hydrogens is 238 g/mol. The highest BCUT2D eigenvalue weighted by Crippen LogP contribution is 2.27. The van der Waals surface area contributed by atoms with Gasteiger partial charge < -0.3 is 4.74 Å². The van der Waals surface area contributed by atoms with E-state index in [1.165, 1.54) is 0 Å². The Morgan fingerprint density at radius 3 is 2.58 bits per heavy atom. The molecule has 0 spiro atoms. The lowest BCUT2D eigenvalue weighted by molar-refractivity contribution is 0.414. The van der Waals surface area contributed by atoms with Crippen molar-refractivity contribution >= 4 is 0 Å². The lowest BCUT2D eigenvalue weighted by Crippen LogP contribution is -2.17. The number of hydrogen-bond donors (Lipinski definition) is 0. The summed E-state index contributed by atoms with van der Waals surface area (Å²) in [6.45, 7) is 6.30. The third-order valence-corrected chi connectivity index (χ3v) is 2.89. The number of benzene rings is 1. The summed E-state index contributed by atoms with van der Waals surface area (Å²) in [5.41, 5.74) is 2.22. The molecule has 0 aliphatic carbocycles. The molecule has 0 saturated carbocycles. The van der Waals surface area contributed by atoms with Crippen LogP contribution in [0.1, 0.15) is 32.2 Å². The first-order valence-corrected chi connectivity index (χ1v) is 6.11. The molecule has 0 N–H and O–H groups in total. The number of aromatic nitrogens is 2. The minimum atomic E-state index is -0.0921. The zero-order valence-corrected chi connectivity index (χ0v) is 11.6. The van der Waals surface area contributed by atoms with Gasteiger partial charge in [-0.3, -0.25) is 0 Å². The molecule has 0 bridgehead atoms. The molecule has 0 fully saturated rings. The Morgan fingerprint density at radius 1 is 1.26 bits per heavy atom. The van der Waals surface area contributed by atoms with Crippen LogP contribution >= 0.6 is 0 Å². The molecular formula is C15H17N3O. The van der Waals surface area contributed by atoms with Crippen LogP contribution in [0, 0.1) is 11.3 Å². The molecule has 19 heavy (non-hydrogen) atoms. The van der Waals surface area contributed by atoms with Crippen molar-refractivity contribution in [3.63, 3.8) is 0 Å². The van der Waals surface area contributed by atoms with Crippen molar-refractivity contribution < 1.29 is 4.74 Å². The smallest absolute Gasteiger partial charge is 0.163 e. The maximum Gasteiger partial charge on any atom is 0.163 e. The Labute approximate surface area is 113 Å². The van der Waals surface area contributed by atoms with Crippen molar-refractivity contribution in [3.8, 4) is 17.5 Å². The number of hydrogen-bond acceptors (Lipinski definition) is 3. The van der Waals surface area contributed by atoms with Gasteiger partial charge in [0.2, 0.25) is 0 Å². The molecule has 4 nitrogen and oxygen atoms in total. The molecule has 2 rings (SSSR count). The van der Waals surface area contributed by atoms with E-state index in [1.807, 2.05) is 30.3 Å². The summed E-state index contributed by atoms with van der Waals surface area (Å²) in [6.07, 6.45) is 0. The number of rotatable bonds is 2. The van der Waals surface area contributed by atoms with Crippen LogP contribution in [0.25, 0.3) is 5.69 Å². The van der Waals surface area contributed by atoms with Crippen molar-refractivity contribution in [2.45, 2.75) is 26.2 Å². The second kappa shape index (κ2) is 4.77. The van der Waals surface area contributed by atoms with Crippen molar-refractivity contribution in [3.05, 3.63) is 41.7 Å². The predicted octanol–water partition coefficient (Wildman–Crippen LogP) is 3.05. The molecule has 98 valence electrons. The molecule has 0 unspecified atom stereocenters. The van der Waals surface area contributed by atoms with Crippen LogP contribution in [-0.2, 0) is 5.41 Å². The molecule has 0 aliphatic rings. The number of nitrogens with zero attached hydrogens (tertiary/aromatic N) is 3. The zero-order chi connectivity index (χ0) is 14.0. The van der Waals surface area contributed by atoms with Gasteiger partial charge in [-0.25, -0.2) is 4.68 Å². The lowest BCUT2D eigenvalue weighted by Gasteiger charge is -2.20. The molecule has 4 heteroatoms. The van der Waals surface area contributed by atoms with E-state index in [0.717, 1.165) is 17.1 Å². The van der Waals surface area contributed by atoms with Crippen LogP contribution in [-0.4, -0.2) is 16.9 Å². The van der Waals surface area contributed by atoms with Crippen LogP contribution in [0.2, 0.25) is 0 Å². The normalized spacial score (nSPS) is 11.1. The molecule has 0 aliphatic heterocycles. The molecule has 0 radical (unpaired) electrons. The Balaban J connectivity index is 2.61. The van der Waals surface area contributed by atoms with Gasteiger partial charge in [0.25, 0.3) is 0 Å². The van der Waals surface area contributed by atoms with Crippen molar-refractivity contribution in [2.24, 2.45) is 0 Å². The van der Waals surface area contributed by atoms with Gasteiger partial charge in [0.1, 0.15) is 11.8 Å². The number of ether oxygens (including phenoxy) is 1. The van der Waals surface area contributed by atoms with E-state index < -0.39 is 0 Å². The first-order chi connectivity index (χ1) is 8.95. The van der Waals surface area contributed by atoms with Gasteiger partial charge in [-0.15, -0.1) is 0 Å². The quantitative estimate of drug-likeness (QED) is 0.828. The largest absolute Gasteiger partial charge is 0.497 e. The zero-order valence-electron chi connectivity index (χ0n) is 11.6. The summed E-state index contributed by atoms with van der Waals surface area (Å²) >= 11 is 0. The summed E-state index contributed by atoms with van der Waals surface area (Å²) in [4.78, 5) is 0. The SMILES string of the molecule is COc1cccc(-n2nc(C#N)cc2C(C)(C)C)c1. The minimum Gasteiger partial charge on any atom is -0.497 e. The van der Waals surface area contributed by atoms with E-state index in [9.17, 15) is 0 Å². The number of methoxy groups -OCH3 is 1. The van der Waals surface area contributed by atoms with E-state index in [-0.39, 0.29) is 5.41 Å². The topological polar surface area (TPSA) is 50.8 Å². The second-order valence-corrected chi connectivity index (χ2v) is 5.39. The molecule has 0 atom stereocenters. The van der Waals surface area contributed by atoms with Gasteiger partial charge in [-0.05, 0) is 18.2 Å². The summed E-state index contributed by atoms with van der Waals surface area (Å²) in [7, 11) is 1.63. The summed E-state index contributed by atoms with van der Waals surface area (Å²) in [5.74, 6) is 0.770. The Bertz CT molecular complexity index is 630. The van der Waals surface area contributed by atoms with Gasteiger partial charge in [0, 0.05) is 11.5 Å². The van der Waals surface area contributed by atoms with Gasteiger partial charge in [-0.1, -0.05) is 26.8 Å². The highest BCUT2D eigenvalue weighted by Gasteiger charge is 2.22. The van der Waals surface area contributed by atoms with Crippen LogP contribution in [0.3, 0.4) is 0 Å². The summed E-state index contributed by atoms with van der Waals surface area (Å²) in [6, 6.07) is 11.6.